The molecule has 0 radical (unpaired) electrons. The number of pyridine rings is 1. The Morgan fingerprint density at radius 3 is 2.05 bits per heavy atom. The van der Waals surface area contributed by atoms with Gasteiger partial charge < -0.3 is 19.5 Å². The minimum Gasteiger partial charge on any atom is -0.473 e. The summed E-state index contributed by atoms with van der Waals surface area (Å²) in [6.07, 6.45) is 1.09. The Morgan fingerprint density at radius 2 is 1.46 bits per heavy atom. The third-order valence-corrected chi connectivity index (χ3v) is 6.64. The maximum atomic E-state index is 15.4. The number of hydrogen-bond donors (Lipinski definition) is 1. The molecule has 1 fully saturated rings. The first-order valence-corrected chi connectivity index (χ1v) is 12.7. The molecule has 5 rings (SSSR count). The van der Waals surface area contributed by atoms with Crippen LogP contribution < -0.4 is 14.8 Å². The van der Waals surface area contributed by atoms with Gasteiger partial charge in [-0.05, 0) is 42.2 Å². The Bertz CT molecular complexity index is 1400. The molecule has 0 spiro atoms. The van der Waals surface area contributed by atoms with Gasteiger partial charge in [0.15, 0.2) is 0 Å². The van der Waals surface area contributed by atoms with Crippen LogP contribution in [0.4, 0.5) is 14.5 Å². The van der Waals surface area contributed by atoms with E-state index in [1.54, 1.807) is 12.1 Å². The van der Waals surface area contributed by atoms with Crippen LogP contribution in [0.1, 0.15) is 24.0 Å². The molecule has 0 aliphatic heterocycles. The molecule has 0 atom stereocenters. The maximum Gasteiger partial charge on any atom is 0.308 e. The summed E-state index contributed by atoms with van der Waals surface area (Å²) in [6, 6.07) is 24.6. The summed E-state index contributed by atoms with van der Waals surface area (Å²) < 4.78 is 47.3. The molecule has 4 aromatic rings. The average Bonchev–Trinajstić information content (AvgIpc) is 2.93. The Balaban J connectivity index is 1.38. The molecule has 1 aliphatic rings. The van der Waals surface area contributed by atoms with Gasteiger partial charge in [0.25, 0.3) is 0 Å². The van der Waals surface area contributed by atoms with Gasteiger partial charge in [-0.15, -0.1) is 0 Å². The molecule has 3 aromatic carbocycles. The topological polar surface area (TPSA) is 69.7 Å². The fourth-order valence-electron chi connectivity index (χ4n) is 4.51. The predicted molar refractivity (Wildman–Crippen MR) is 143 cm³/mol. The van der Waals surface area contributed by atoms with Crippen molar-refractivity contribution in [3.63, 3.8) is 0 Å². The Kier molecular flexibility index (Phi) is 8.01. The molecule has 6 nitrogen and oxygen atoms in total. The van der Waals surface area contributed by atoms with Crippen LogP contribution in [0.2, 0.25) is 0 Å². The van der Waals surface area contributed by atoms with Crippen LogP contribution in [0.3, 0.4) is 0 Å². The molecule has 8 heteroatoms. The van der Waals surface area contributed by atoms with Crippen molar-refractivity contribution in [1.82, 2.24) is 4.98 Å². The molecule has 200 valence electrons. The van der Waals surface area contributed by atoms with E-state index >= 15 is 8.78 Å². The molecule has 1 aliphatic carbocycles. The molecule has 0 saturated heterocycles. The summed E-state index contributed by atoms with van der Waals surface area (Å²) in [5.74, 6) is -1.65. The normalized spacial score (nSPS) is 16.2. The number of hydrogen-bond acceptors (Lipinski definition) is 6. The second-order valence-electron chi connectivity index (χ2n) is 9.40. The van der Waals surface area contributed by atoms with Gasteiger partial charge in [0.05, 0.1) is 24.2 Å². The van der Waals surface area contributed by atoms with Gasteiger partial charge in [-0.3, -0.25) is 4.79 Å². The van der Waals surface area contributed by atoms with E-state index in [1.807, 2.05) is 60.7 Å². The highest BCUT2D eigenvalue weighted by Gasteiger charge is 2.35. The van der Waals surface area contributed by atoms with Crippen LogP contribution in [-0.2, 0) is 22.7 Å². The van der Waals surface area contributed by atoms with Crippen molar-refractivity contribution in [3.05, 3.63) is 108 Å². The van der Waals surface area contributed by atoms with E-state index < -0.39 is 11.6 Å². The highest BCUT2D eigenvalue weighted by molar-refractivity contribution is 5.74. The zero-order valence-electron chi connectivity index (χ0n) is 21.4. The SMILES string of the molecule is COC(=O)C1CC(Nc2cc(F)c(-c3ccc(OCc4ccccc4)nc3OCc3ccccc3)c(F)c2)C1. The Hall–Kier alpha value is -4.46. The van der Waals surface area contributed by atoms with Crippen molar-refractivity contribution in [2.75, 3.05) is 12.4 Å². The number of ether oxygens (including phenoxy) is 3. The first-order chi connectivity index (χ1) is 19.0. The molecular formula is C31H28F2N2O4. The van der Waals surface area contributed by atoms with Crippen molar-refractivity contribution in [3.8, 4) is 22.9 Å². The molecule has 1 N–H and O–H groups in total. The third kappa shape index (κ3) is 6.34. The molecule has 1 saturated carbocycles. The minimum atomic E-state index is -0.759. The van der Waals surface area contributed by atoms with Crippen LogP contribution in [0.5, 0.6) is 11.8 Å². The molecule has 1 aromatic heterocycles. The lowest BCUT2D eigenvalue weighted by Gasteiger charge is -2.34. The summed E-state index contributed by atoms with van der Waals surface area (Å²) in [5, 5.41) is 3.10. The summed E-state index contributed by atoms with van der Waals surface area (Å²) in [6.45, 7) is 0.446. The number of benzene rings is 3. The number of rotatable bonds is 10. The van der Waals surface area contributed by atoms with Crippen molar-refractivity contribution in [2.24, 2.45) is 5.92 Å². The first-order valence-electron chi connectivity index (χ1n) is 12.7. The van der Waals surface area contributed by atoms with E-state index in [0.29, 0.717) is 18.5 Å². The van der Waals surface area contributed by atoms with Gasteiger partial charge in [0.2, 0.25) is 11.8 Å². The quantitative estimate of drug-likeness (QED) is 0.235. The number of halogens is 2. The summed E-state index contributed by atoms with van der Waals surface area (Å²) in [7, 11) is 1.35. The Morgan fingerprint density at radius 1 is 0.872 bits per heavy atom. The van der Waals surface area contributed by atoms with Gasteiger partial charge in [-0.25, -0.2) is 8.78 Å². The number of aromatic nitrogens is 1. The lowest BCUT2D eigenvalue weighted by Crippen LogP contribution is -2.40. The largest absolute Gasteiger partial charge is 0.473 e. The summed E-state index contributed by atoms with van der Waals surface area (Å²) in [4.78, 5) is 16.1. The highest BCUT2D eigenvalue weighted by Crippen LogP contribution is 2.37. The van der Waals surface area contributed by atoms with E-state index in [4.69, 9.17) is 14.2 Å². The number of nitrogens with zero attached hydrogens (tertiary/aromatic N) is 1. The summed E-state index contributed by atoms with van der Waals surface area (Å²) in [5.41, 5.74) is 2.07. The van der Waals surface area contributed by atoms with E-state index in [1.165, 1.54) is 19.2 Å². The number of methoxy groups -OCH3 is 1. The fraction of sp³-hybridized carbons (Fsp3) is 0.226. The molecule has 0 unspecified atom stereocenters. The predicted octanol–water partition coefficient (Wildman–Crippen LogP) is 6.55. The van der Waals surface area contributed by atoms with Crippen LogP contribution in [-0.4, -0.2) is 24.1 Å². The zero-order valence-corrected chi connectivity index (χ0v) is 21.4. The van der Waals surface area contributed by atoms with Crippen molar-refractivity contribution in [1.29, 1.82) is 0 Å². The molecule has 1 heterocycles. The fourth-order valence-corrected chi connectivity index (χ4v) is 4.51. The second-order valence-corrected chi connectivity index (χ2v) is 9.40. The number of carbonyl (C=O) groups excluding carboxylic acids is 1. The van der Waals surface area contributed by atoms with Gasteiger partial charge in [0, 0.05) is 17.8 Å². The van der Waals surface area contributed by atoms with Crippen LogP contribution in [0.15, 0.2) is 84.9 Å². The highest BCUT2D eigenvalue weighted by atomic mass is 19.1. The number of esters is 1. The molecule has 39 heavy (non-hydrogen) atoms. The Labute approximate surface area is 225 Å². The zero-order chi connectivity index (χ0) is 27.2. The molecule has 0 bridgehead atoms. The van der Waals surface area contributed by atoms with Crippen molar-refractivity contribution < 1.29 is 27.8 Å². The standard InChI is InChI=1S/C31H28F2N2O4/c1-37-31(36)22-14-23(15-22)34-24-16-26(32)29(27(33)17-24)25-12-13-28(38-18-20-8-4-2-5-9-20)35-30(25)39-19-21-10-6-3-7-11-21/h2-13,16-17,22-23,34H,14-15,18-19H2,1H3. The average molecular weight is 531 g/mol. The number of nitrogens with one attached hydrogen (secondary N) is 1. The van der Waals surface area contributed by atoms with Gasteiger partial charge in [-0.2, -0.15) is 4.98 Å². The van der Waals surface area contributed by atoms with E-state index in [0.717, 1.165) is 11.1 Å². The van der Waals surface area contributed by atoms with Crippen LogP contribution in [0.25, 0.3) is 11.1 Å². The van der Waals surface area contributed by atoms with Gasteiger partial charge in [0.1, 0.15) is 24.8 Å². The van der Waals surface area contributed by atoms with E-state index in [2.05, 4.69) is 10.3 Å². The van der Waals surface area contributed by atoms with Gasteiger partial charge in [-0.1, -0.05) is 60.7 Å². The van der Waals surface area contributed by atoms with Crippen LogP contribution >= 0.6 is 0 Å². The van der Waals surface area contributed by atoms with E-state index in [-0.39, 0.29) is 54.0 Å². The number of carbonyl (C=O) groups is 1. The smallest absolute Gasteiger partial charge is 0.308 e. The molecule has 0 amide bonds. The second kappa shape index (κ2) is 11.9. The molecular weight excluding hydrogens is 502 g/mol. The lowest BCUT2D eigenvalue weighted by atomic mass is 9.80. The number of anilines is 1. The summed E-state index contributed by atoms with van der Waals surface area (Å²) >= 11 is 0. The van der Waals surface area contributed by atoms with E-state index in [9.17, 15) is 4.79 Å². The maximum absolute atomic E-state index is 15.4. The third-order valence-electron chi connectivity index (χ3n) is 6.64. The van der Waals surface area contributed by atoms with Crippen molar-refractivity contribution >= 4 is 11.7 Å². The first kappa shape index (κ1) is 26.2. The minimum absolute atomic E-state index is 0.0582. The van der Waals surface area contributed by atoms with Crippen molar-refractivity contribution in [2.45, 2.75) is 32.1 Å². The van der Waals surface area contributed by atoms with Gasteiger partial charge >= 0.3 is 5.97 Å². The monoisotopic (exact) mass is 530 g/mol. The van der Waals surface area contributed by atoms with Crippen LogP contribution in [0, 0.1) is 17.6 Å². The lowest BCUT2D eigenvalue weighted by molar-refractivity contribution is -0.148.